The molecule has 106 valence electrons. The normalized spacial score (nSPS) is 10.8. The van der Waals surface area contributed by atoms with E-state index in [4.69, 9.17) is 0 Å². The minimum absolute atomic E-state index is 0.161. The first-order valence-electron chi connectivity index (χ1n) is 6.68. The Morgan fingerprint density at radius 2 is 1.86 bits per heavy atom. The summed E-state index contributed by atoms with van der Waals surface area (Å²) in [6, 6.07) is 13.8. The van der Waals surface area contributed by atoms with Crippen LogP contribution < -0.4 is 5.32 Å². The number of aryl methyl sites for hydroxylation is 1. The second kappa shape index (κ2) is 5.48. The third-order valence-electron chi connectivity index (χ3n) is 3.35. The molecule has 4 heteroatoms. The van der Waals surface area contributed by atoms with Gasteiger partial charge in [0.15, 0.2) is 11.6 Å². The molecule has 0 bridgehead atoms. The van der Waals surface area contributed by atoms with Crippen molar-refractivity contribution in [2.75, 3.05) is 5.32 Å². The van der Waals surface area contributed by atoms with Crippen molar-refractivity contribution in [3.63, 3.8) is 0 Å². The van der Waals surface area contributed by atoms with Crippen molar-refractivity contribution < 1.29 is 8.78 Å². The number of nitrogens with zero attached hydrogens (tertiary/aromatic N) is 1. The van der Waals surface area contributed by atoms with E-state index in [1.165, 1.54) is 12.1 Å². The molecule has 3 rings (SSSR count). The van der Waals surface area contributed by atoms with Gasteiger partial charge in [-0.15, -0.1) is 0 Å². The summed E-state index contributed by atoms with van der Waals surface area (Å²) < 4.78 is 26.8. The van der Waals surface area contributed by atoms with Crippen LogP contribution in [0.5, 0.6) is 0 Å². The maximum atomic E-state index is 13.6. The predicted molar refractivity (Wildman–Crippen MR) is 80.2 cm³/mol. The van der Waals surface area contributed by atoms with Crippen LogP contribution in [0.1, 0.15) is 11.3 Å². The summed E-state index contributed by atoms with van der Waals surface area (Å²) in [5, 5.41) is 3.95. The lowest BCUT2D eigenvalue weighted by atomic mass is 10.1. The third-order valence-corrected chi connectivity index (χ3v) is 3.35. The zero-order valence-corrected chi connectivity index (χ0v) is 11.5. The van der Waals surface area contributed by atoms with E-state index in [1.807, 2.05) is 37.3 Å². The average Bonchev–Trinajstić information content (AvgIpc) is 2.48. The zero-order chi connectivity index (χ0) is 14.8. The molecule has 0 saturated carbocycles. The molecule has 0 aliphatic heterocycles. The SMILES string of the molecule is Cc1cc(CNc2cccc(F)c2F)c2ccccc2n1. The Hall–Kier alpha value is -2.49. The Morgan fingerprint density at radius 1 is 1.05 bits per heavy atom. The number of rotatable bonds is 3. The monoisotopic (exact) mass is 284 g/mol. The van der Waals surface area contributed by atoms with E-state index in [2.05, 4.69) is 10.3 Å². The Balaban J connectivity index is 1.93. The fourth-order valence-corrected chi connectivity index (χ4v) is 2.37. The summed E-state index contributed by atoms with van der Waals surface area (Å²) in [4.78, 5) is 4.46. The molecule has 0 aliphatic rings. The maximum absolute atomic E-state index is 13.6. The molecule has 0 unspecified atom stereocenters. The van der Waals surface area contributed by atoms with Crippen LogP contribution in [0, 0.1) is 18.6 Å². The molecule has 0 radical (unpaired) electrons. The molecule has 0 atom stereocenters. The van der Waals surface area contributed by atoms with E-state index < -0.39 is 11.6 Å². The van der Waals surface area contributed by atoms with Crippen LogP contribution in [0.25, 0.3) is 10.9 Å². The topological polar surface area (TPSA) is 24.9 Å². The van der Waals surface area contributed by atoms with Crippen LogP contribution in [-0.2, 0) is 6.54 Å². The summed E-state index contributed by atoms with van der Waals surface area (Å²) >= 11 is 0. The van der Waals surface area contributed by atoms with Crippen molar-refractivity contribution in [3.05, 3.63) is 71.4 Å². The van der Waals surface area contributed by atoms with E-state index in [0.29, 0.717) is 6.54 Å². The van der Waals surface area contributed by atoms with E-state index >= 15 is 0 Å². The minimum atomic E-state index is -0.854. The van der Waals surface area contributed by atoms with Crippen molar-refractivity contribution in [1.82, 2.24) is 4.98 Å². The second-order valence-electron chi connectivity index (χ2n) is 4.89. The Morgan fingerprint density at radius 3 is 2.71 bits per heavy atom. The number of pyridine rings is 1. The van der Waals surface area contributed by atoms with E-state index in [0.717, 1.165) is 28.2 Å². The first-order chi connectivity index (χ1) is 10.1. The van der Waals surface area contributed by atoms with Crippen LogP contribution in [0.2, 0.25) is 0 Å². The van der Waals surface area contributed by atoms with Crippen LogP contribution in [0.15, 0.2) is 48.5 Å². The molecule has 3 aromatic rings. The minimum Gasteiger partial charge on any atom is -0.378 e. The number of anilines is 1. The van der Waals surface area contributed by atoms with Gasteiger partial charge in [0, 0.05) is 17.6 Å². The quantitative estimate of drug-likeness (QED) is 0.769. The standard InChI is InChI=1S/C17H14F2N2/c1-11-9-12(13-5-2-3-7-15(13)21-11)10-20-16-8-4-6-14(18)17(16)19/h2-9,20H,10H2,1H3. The summed E-state index contributed by atoms with van der Waals surface area (Å²) in [7, 11) is 0. The highest BCUT2D eigenvalue weighted by molar-refractivity contribution is 5.82. The van der Waals surface area contributed by atoms with E-state index in [1.54, 1.807) is 0 Å². The molecule has 1 heterocycles. The van der Waals surface area contributed by atoms with E-state index in [9.17, 15) is 8.78 Å². The van der Waals surface area contributed by atoms with Gasteiger partial charge in [0.1, 0.15) is 0 Å². The van der Waals surface area contributed by atoms with Gasteiger partial charge >= 0.3 is 0 Å². The smallest absolute Gasteiger partial charge is 0.181 e. The number of benzene rings is 2. The molecule has 1 N–H and O–H groups in total. The molecule has 0 spiro atoms. The highest BCUT2D eigenvalue weighted by Gasteiger charge is 2.08. The van der Waals surface area contributed by atoms with Gasteiger partial charge < -0.3 is 5.32 Å². The van der Waals surface area contributed by atoms with Crippen molar-refractivity contribution in [2.45, 2.75) is 13.5 Å². The summed E-state index contributed by atoms with van der Waals surface area (Å²) in [5.41, 5.74) is 2.95. The lowest BCUT2D eigenvalue weighted by molar-refractivity contribution is 0.511. The lowest BCUT2D eigenvalue weighted by Crippen LogP contribution is -2.04. The summed E-state index contributed by atoms with van der Waals surface area (Å²) in [5.74, 6) is -1.71. The van der Waals surface area contributed by atoms with Crippen LogP contribution in [0.3, 0.4) is 0 Å². The van der Waals surface area contributed by atoms with Gasteiger partial charge in [0.2, 0.25) is 0 Å². The highest BCUT2D eigenvalue weighted by atomic mass is 19.2. The Kier molecular flexibility index (Phi) is 3.52. The molecule has 1 aromatic heterocycles. The first kappa shape index (κ1) is 13.5. The number of fused-ring (bicyclic) bond motifs is 1. The van der Waals surface area contributed by atoms with Gasteiger partial charge in [-0.3, -0.25) is 4.98 Å². The Bertz CT molecular complexity index is 800. The van der Waals surface area contributed by atoms with Gasteiger partial charge in [-0.2, -0.15) is 0 Å². The van der Waals surface area contributed by atoms with Crippen LogP contribution >= 0.6 is 0 Å². The van der Waals surface area contributed by atoms with E-state index in [-0.39, 0.29) is 5.69 Å². The van der Waals surface area contributed by atoms with Gasteiger partial charge in [-0.05, 0) is 36.8 Å². The highest BCUT2D eigenvalue weighted by Crippen LogP contribution is 2.21. The summed E-state index contributed by atoms with van der Waals surface area (Å²) in [6.07, 6.45) is 0. The zero-order valence-electron chi connectivity index (χ0n) is 11.5. The molecule has 2 nitrogen and oxygen atoms in total. The van der Waals surface area contributed by atoms with Gasteiger partial charge in [0.05, 0.1) is 11.2 Å². The number of aromatic nitrogens is 1. The van der Waals surface area contributed by atoms with Gasteiger partial charge in [-0.25, -0.2) is 8.78 Å². The fraction of sp³-hybridized carbons (Fsp3) is 0.118. The first-order valence-corrected chi connectivity index (χ1v) is 6.68. The molecule has 0 amide bonds. The molecule has 0 fully saturated rings. The van der Waals surface area contributed by atoms with Crippen molar-refractivity contribution in [1.29, 1.82) is 0 Å². The number of halogens is 2. The third kappa shape index (κ3) is 2.70. The van der Waals surface area contributed by atoms with Crippen molar-refractivity contribution >= 4 is 16.6 Å². The number of nitrogens with one attached hydrogen (secondary N) is 1. The molecular weight excluding hydrogens is 270 g/mol. The second-order valence-corrected chi connectivity index (χ2v) is 4.89. The maximum Gasteiger partial charge on any atom is 0.181 e. The van der Waals surface area contributed by atoms with Crippen LogP contribution in [0.4, 0.5) is 14.5 Å². The summed E-state index contributed by atoms with van der Waals surface area (Å²) in [6.45, 7) is 2.32. The largest absolute Gasteiger partial charge is 0.378 e. The molecule has 21 heavy (non-hydrogen) atoms. The molecule has 0 aliphatic carbocycles. The molecule has 2 aromatic carbocycles. The van der Waals surface area contributed by atoms with Crippen molar-refractivity contribution in [2.24, 2.45) is 0 Å². The lowest BCUT2D eigenvalue weighted by Gasteiger charge is -2.11. The molecular formula is C17H14F2N2. The van der Waals surface area contributed by atoms with Crippen molar-refractivity contribution in [3.8, 4) is 0 Å². The predicted octanol–water partition coefficient (Wildman–Crippen LogP) is 4.43. The fourth-order valence-electron chi connectivity index (χ4n) is 2.37. The van der Waals surface area contributed by atoms with Gasteiger partial charge in [-0.1, -0.05) is 24.3 Å². The van der Waals surface area contributed by atoms with Gasteiger partial charge in [0.25, 0.3) is 0 Å². The Labute approximate surface area is 121 Å². The number of hydrogen-bond donors (Lipinski definition) is 1. The van der Waals surface area contributed by atoms with Crippen LogP contribution in [-0.4, -0.2) is 4.98 Å². The number of para-hydroxylation sites is 1. The molecule has 0 saturated heterocycles. The average molecular weight is 284 g/mol. The number of hydrogen-bond acceptors (Lipinski definition) is 2.